The molecular formula is C24H26ClNOS. The lowest BCUT2D eigenvalue weighted by molar-refractivity contribution is 0.305. The molecule has 3 rings (SSSR count). The van der Waals surface area contributed by atoms with Gasteiger partial charge >= 0.3 is 0 Å². The van der Waals surface area contributed by atoms with Crippen LogP contribution in [-0.4, -0.2) is 0 Å². The second-order valence-corrected chi connectivity index (χ2v) is 8.34. The molecule has 0 saturated heterocycles. The Morgan fingerprint density at radius 3 is 2.50 bits per heavy atom. The molecule has 0 aromatic heterocycles. The molecule has 0 radical (unpaired) electrons. The van der Waals surface area contributed by atoms with Crippen molar-refractivity contribution in [1.29, 1.82) is 0 Å². The van der Waals surface area contributed by atoms with Gasteiger partial charge in [0.05, 0.1) is 0 Å². The van der Waals surface area contributed by atoms with Gasteiger partial charge in [-0.3, -0.25) is 0 Å². The van der Waals surface area contributed by atoms with Crippen LogP contribution in [-0.2, 0) is 6.61 Å². The van der Waals surface area contributed by atoms with Crippen LogP contribution in [0.5, 0.6) is 5.75 Å². The molecule has 4 heteroatoms. The molecule has 0 spiro atoms. The van der Waals surface area contributed by atoms with Gasteiger partial charge in [-0.1, -0.05) is 85.6 Å². The van der Waals surface area contributed by atoms with E-state index in [2.05, 4.69) is 43.3 Å². The maximum atomic E-state index is 6.50. The van der Waals surface area contributed by atoms with Gasteiger partial charge in [0, 0.05) is 20.9 Å². The first-order valence-corrected chi connectivity index (χ1v) is 10.8. The molecule has 0 amide bonds. The summed E-state index contributed by atoms with van der Waals surface area (Å²) in [7, 11) is 0. The molecule has 0 saturated carbocycles. The molecule has 0 aliphatic carbocycles. The third kappa shape index (κ3) is 6.03. The summed E-state index contributed by atoms with van der Waals surface area (Å²) in [5.41, 5.74) is 8.46. The van der Waals surface area contributed by atoms with Crippen molar-refractivity contribution in [1.82, 2.24) is 0 Å². The van der Waals surface area contributed by atoms with E-state index in [9.17, 15) is 0 Å². The summed E-state index contributed by atoms with van der Waals surface area (Å²) < 4.78 is 5.93. The fourth-order valence-corrected chi connectivity index (χ4v) is 4.25. The summed E-state index contributed by atoms with van der Waals surface area (Å²) in [5.74, 6) is 0.859. The van der Waals surface area contributed by atoms with Crippen LogP contribution < -0.4 is 10.5 Å². The molecule has 2 N–H and O–H groups in total. The number of rotatable bonds is 9. The smallest absolute Gasteiger partial charge is 0.120 e. The van der Waals surface area contributed by atoms with E-state index in [0.29, 0.717) is 6.61 Å². The fourth-order valence-electron chi connectivity index (χ4n) is 2.96. The van der Waals surface area contributed by atoms with Gasteiger partial charge < -0.3 is 10.5 Å². The van der Waals surface area contributed by atoms with Gasteiger partial charge in [0.1, 0.15) is 12.4 Å². The molecule has 146 valence electrons. The van der Waals surface area contributed by atoms with E-state index in [0.717, 1.165) is 51.0 Å². The maximum absolute atomic E-state index is 6.50. The Labute approximate surface area is 177 Å². The minimum atomic E-state index is 0.00112. The molecule has 0 aliphatic rings. The topological polar surface area (TPSA) is 35.2 Å². The minimum absolute atomic E-state index is 0.00112. The Morgan fingerprint density at radius 1 is 0.964 bits per heavy atom. The van der Waals surface area contributed by atoms with Crippen LogP contribution in [0.2, 0.25) is 5.02 Å². The average molecular weight is 412 g/mol. The SMILES string of the molecule is CCCCC(N)c1ccc(Sc2cccc(OCc3ccccc3)c2)cc1Cl. The number of ether oxygens (including phenoxy) is 1. The Morgan fingerprint density at radius 2 is 1.75 bits per heavy atom. The van der Waals surface area contributed by atoms with Crippen LogP contribution in [0.3, 0.4) is 0 Å². The first-order chi connectivity index (χ1) is 13.7. The highest BCUT2D eigenvalue weighted by atomic mass is 35.5. The lowest BCUT2D eigenvalue weighted by atomic mass is 10.0. The number of benzene rings is 3. The van der Waals surface area contributed by atoms with E-state index in [1.807, 2.05) is 36.4 Å². The van der Waals surface area contributed by atoms with Gasteiger partial charge in [0.25, 0.3) is 0 Å². The number of hydrogen-bond donors (Lipinski definition) is 1. The number of hydrogen-bond acceptors (Lipinski definition) is 3. The van der Waals surface area contributed by atoms with Crippen molar-refractivity contribution in [3.8, 4) is 5.75 Å². The van der Waals surface area contributed by atoms with Crippen LogP contribution >= 0.6 is 23.4 Å². The molecule has 1 atom stereocenters. The van der Waals surface area contributed by atoms with E-state index in [1.165, 1.54) is 0 Å². The van der Waals surface area contributed by atoms with Gasteiger partial charge in [-0.15, -0.1) is 0 Å². The first kappa shape index (κ1) is 20.8. The number of unbranched alkanes of at least 4 members (excludes halogenated alkanes) is 1. The number of halogens is 1. The quantitative estimate of drug-likeness (QED) is 0.402. The molecule has 3 aromatic rings. The van der Waals surface area contributed by atoms with E-state index in [1.54, 1.807) is 11.8 Å². The zero-order valence-corrected chi connectivity index (χ0v) is 17.7. The van der Waals surface area contributed by atoms with Gasteiger partial charge in [-0.25, -0.2) is 0 Å². The molecular weight excluding hydrogens is 386 g/mol. The summed E-state index contributed by atoms with van der Waals surface area (Å²) in [6, 6.07) is 24.5. The third-order valence-electron chi connectivity index (χ3n) is 4.53. The zero-order valence-electron chi connectivity index (χ0n) is 16.1. The predicted molar refractivity (Wildman–Crippen MR) is 119 cm³/mol. The van der Waals surface area contributed by atoms with E-state index < -0.39 is 0 Å². The molecule has 1 unspecified atom stereocenters. The van der Waals surface area contributed by atoms with E-state index in [4.69, 9.17) is 22.1 Å². The van der Waals surface area contributed by atoms with Crippen LogP contribution in [0.1, 0.15) is 43.4 Å². The second kappa shape index (κ2) is 10.6. The average Bonchev–Trinajstić information content (AvgIpc) is 2.72. The summed E-state index contributed by atoms with van der Waals surface area (Å²) in [5, 5.41) is 0.741. The Bertz CT molecular complexity index is 885. The highest BCUT2D eigenvalue weighted by Crippen LogP contribution is 2.34. The first-order valence-electron chi connectivity index (χ1n) is 9.65. The van der Waals surface area contributed by atoms with Crippen molar-refractivity contribution >= 4 is 23.4 Å². The standard InChI is InChI=1S/C24H26ClNOS/c1-2-3-12-24(26)22-14-13-21(16-23(22)25)28-20-11-7-10-19(15-20)27-17-18-8-5-4-6-9-18/h4-11,13-16,24H,2-3,12,17,26H2,1H3. The van der Waals surface area contributed by atoms with Crippen molar-refractivity contribution in [2.24, 2.45) is 5.73 Å². The van der Waals surface area contributed by atoms with Gasteiger partial charge in [-0.2, -0.15) is 0 Å². The lowest BCUT2D eigenvalue weighted by Crippen LogP contribution is -2.10. The Balaban J connectivity index is 1.64. The highest BCUT2D eigenvalue weighted by Gasteiger charge is 2.11. The number of nitrogens with two attached hydrogens (primary N) is 1. The monoisotopic (exact) mass is 411 g/mol. The van der Waals surface area contributed by atoms with E-state index >= 15 is 0 Å². The summed E-state index contributed by atoms with van der Waals surface area (Å²) in [6.45, 7) is 2.73. The van der Waals surface area contributed by atoms with Crippen molar-refractivity contribution < 1.29 is 4.74 Å². The molecule has 0 bridgehead atoms. The van der Waals surface area contributed by atoms with Crippen LogP contribution in [0.4, 0.5) is 0 Å². The van der Waals surface area contributed by atoms with Crippen molar-refractivity contribution in [3.05, 3.63) is 88.9 Å². The fraction of sp³-hybridized carbons (Fsp3) is 0.250. The Kier molecular flexibility index (Phi) is 7.84. The molecule has 28 heavy (non-hydrogen) atoms. The van der Waals surface area contributed by atoms with Crippen molar-refractivity contribution in [3.63, 3.8) is 0 Å². The lowest BCUT2D eigenvalue weighted by Gasteiger charge is -2.14. The van der Waals surface area contributed by atoms with Crippen LogP contribution in [0.25, 0.3) is 0 Å². The third-order valence-corrected chi connectivity index (χ3v) is 5.84. The van der Waals surface area contributed by atoms with Crippen LogP contribution in [0, 0.1) is 0 Å². The normalized spacial score (nSPS) is 12.0. The van der Waals surface area contributed by atoms with Gasteiger partial charge in [0.2, 0.25) is 0 Å². The molecule has 0 aliphatic heterocycles. The van der Waals surface area contributed by atoms with E-state index in [-0.39, 0.29) is 6.04 Å². The molecule has 2 nitrogen and oxygen atoms in total. The summed E-state index contributed by atoms with van der Waals surface area (Å²) in [4.78, 5) is 2.21. The zero-order chi connectivity index (χ0) is 19.8. The molecule has 0 fully saturated rings. The Hall–Kier alpha value is -1.94. The molecule has 0 heterocycles. The summed E-state index contributed by atoms with van der Waals surface area (Å²) in [6.07, 6.45) is 3.22. The molecule has 3 aromatic carbocycles. The van der Waals surface area contributed by atoms with Gasteiger partial charge in [0.15, 0.2) is 0 Å². The van der Waals surface area contributed by atoms with Gasteiger partial charge in [-0.05, 0) is 47.9 Å². The highest BCUT2D eigenvalue weighted by molar-refractivity contribution is 7.99. The second-order valence-electron chi connectivity index (χ2n) is 6.78. The maximum Gasteiger partial charge on any atom is 0.120 e. The minimum Gasteiger partial charge on any atom is -0.489 e. The predicted octanol–water partition coefficient (Wildman–Crippen LogP) is 7.26. The van der Waals surface area contributed by atoms with Crippen molar-refractivity contribution in [2.45, 2.75) is 48.6 Å². The largest absolute Gasteiger partial charge is 0.489 e. The van der Waals surface area contributed by atoms with Crippen molar-refractivity contribution in [2.75, 3.05) is 0 Å². The summed E-state index contributed by atoms with van der Waals surface area (Å²) >= 11 is 8.17. The van der Waals surface area contributed by atoms with Crippen LogP contribution in [0.15, 0.2) is 82.6 Å².